The molecule has 3 nitrogen and oxygen atoms in total. The number of rotatable bonds is 4. The summed E-state index contributed by atoms with van der Waals surface area (Å²) in [5.74, 6) is 0. The molecule has 0 saturated heterocycles. The van der Waals surface area contributed by atoms with E-state index in [0.29, 0.717) is 11.4 Å². The van der Waals surface area contributed by atoms with Crippen LogP contribution in [-0.2, 0) is 13.1 Å². The molecule has 0 saturated carbocycles. The molecule has 5 N–H and O–H groups in total. The summed E-state index contributed by atoms with van der Waals surface area (Å²) in [5.41, 5.74) is 17.5. The summed E-state index contributed by atoms with van der Waals surface area (Å²) in [4.78, 5) is 0. The Labute approximate surface area is 150 Å². The third-order valence-corrected chi connectivity index (χ3v) is 4.16. The summed E-state index contributed by atoms with van der Waals surface area (Å²) in [5, 5.41) is 3.42. The maximum atomic E-state index is 5.66. The number of nitrogens with one attached hydrogen (secondary N) is 1. The lowest BCUT2D eigenvalue weighted by atomic mass is 10.1. The first kappa shape index (κ1) is 18.6. The lowest BCUT2D eigenvalue weighted by molar-refractivity contribution is 0.693. The Morgan fingerprint density at radius 1 is 0.680 bits per heavy atom. The van der Waals surface area contributed by atoms with Crippen molar-refractivity contribution in [2.75, 3.05) is 11.5 Å². The zero-order valence-corrected chi connectivity index (χ0v) is 15.0. The molecule has 3 heteroatoms. The molecule has 0 atom stereocenters. The Bertz CT molecular complexity index is 702. The average Bonchev–Trinajstić information content (AvgIpc) is 2.65. The van der Waals surface area contributed by atoms with Gasteiger partial charge in [0, 0.05) is 13.1 Å². The van der Waals surface area contributed by atoms with E-state index in [1.54, 1.807) is 0 Å². The number of hydrogen-bond acceptors (Lipinski definition) is 3. The average molecular weight is 333 g/mol. The Morgan fingerprint density at radius 3 is 1.60 bits per heavy atom. The van der Waals surface area contributed by atoms with Gasteiger partial charge in [0.2, 0.25) is 0 Å². The van der Waals surface area contributed by atoms with Gasteiger partial charge in [-0.2, -0.15) is 0 Å². The van der Waals surface area contributed by atoms with Gasteiger partial charge >= 0.3 is 0 Å². The molecule has 0 aliphatic carbocycles. The Kier molecular flexibility index (Phi) is 7.05. The largest absolute Gasteiger partial charge is 0.397 e. The molecule has 0 radical (unpaired) electrons. The van der Waals surface area contributed by atoms with E-state index in [-0.39, 0.29) is 0 Å². The number of hydrogen-bond donors (Lipinski definition) is 3. The quantitative estimate of drug-likeness (QED) is 0.618. The van der Waals surface area contributed by atoms with Crippen LogP contribution in [0.3, 0.4) is 0 Å². The Balaban J connectivity index is 0.000000196. The summed E-state index contributed by atoms with van der Waals surface area (Å²) in [6.07, 6.45) is 0. The highest BCUT2D eigenvalue weighted by Crippen LogP contribution is 2.21. The van der Waals surface area contributed by atoms with Gasteiger partial charge in [0.05, 0.1) is 11.4 Å². The summed E-state index contributed by atoms with van der Waals surface area (Å²) >= 11 is 0. The van der Waals surface area contributed by atoms with Crippen LogP contribution in [0.1, 0.15) is 22.3 Å². The highest BCUT2D eigenvalue weighted by Gasteiger charge is 1.99. The van der Waals surface area contributed by atoms with Crippen LogP contribution in [0.25, 0.3) is 0 Å². The smallest absolute Gasteiger partial charge is 0.0580 e. The van der Waals surface area contributed by atoms with Crippen molar-refractivity contribution in [3.05, 3.63) is 95.1 Å². The minimum Gasteiger partial charge on any atom is -0.397 e. The third-order valence-electron chi connectivity index (χ3n) is 4.16. The van der Waals surface area contributed by atoms with E-state index < -0.39 is 0 Å². The van der Waals surface area contributed by atoms with Crippen LogP contribution in [0.15, 0.2) is 72.8 Å². The van der Waals surface area contributed by atoms with Gasteiger partial charge in [0.15, 0.2) is 0 Å². The van der Waals surface area contributed by atoms with E-state index in [9.17, 15) is 0 Å². The summed E-state index contributed by atoms with van der Waals surface area (Å²) < 4.78 is 0. The molecule has 0 unspecified atom stereocenters. The zero-order chi connectivity index (χ0) is 18.1. The number of benzene rings is 3. The molecule has 3 aromatic carbocycles. The summed E-state index contributed by atoms with van der Waals surface area (Å²) in [7, 11) is 0. The van der Waals surface area contributed by atoms with Gasteiger partial charge in [0.1, 0.15) is 0 Å². The monoisotopic (exact) mass is 333 g/mol. The Hall–Kier alpha value is -2.78. The fourth-order valence-corrected chi connectivity index (χ4v) is 2.40. The molecule has 0 spiro atoms. The van der Waals surface area contributed by atoms with E-state index >= 15 is 0 Å². The topological polar surface area (TPSA) is 64.1 Å². The van der Waals surface area contributed by atoms with Crippen LogP contribution < -0.4 is 16.8 Å². The van der Waals surface area contributed by atoms with Crippen LogP contribution in [0.2, 0.25) is 0 Å². The van der Waals surface area contributed by atoms with Crippen molar-refractivity contribution in [1.29, 1.82) is 0 Å². The van der Waals surface area contributed by atoms with Gasteiger partial charge in [0.25, 0.3) is 0 Å². The normalized spacial score (nSPS) is 10.0. The second kappa shape index (κ2) is 9.50. The van der Waals surface area contributed by atoms with Gasteiger partial charge < -0.3 is 16.8 Å². The highest BCUT2D eigenvalue weighted by atomic mass is 14.8. The van der Waals surface area contributed by atoms with Gasteiger partial charge in [-0.25, -0.2) is 0 Å². The molecule has 130 valence electrons. The van der Waals surface area contributed by atoms with E-state index in [2.05, 4.69) is 53.8 Å². The first-order valence-electron chi connectivity index (χ1n) is 8.47. The lowest BCUT2D eigenvalue weighted by Crippen LogP contribution is -2.12. The van der Waals surface area contributed by atoms with Crippen molar-refractivity contribution in [3.8, 4) is 0 Å². The van der Waals surface area contributed by atoms with Gasteiger partial charge in [-0.15, -0.1) is 0 Å². The van der Waals surface area contributed by atoms with Crippen molar-refractivity contribution >= 4 is 11.4 Å². The molecule has 0 heterocycles. The molecule has 0 bridgehead atoms. The van der Waals surface area contributed by atoms with Crippen molar-refractivity contribution in [2.24, 2.45) is 0 Å². The molecule has 0 amide bonds. The summed E-state index contributed by atoms with van der Waals surface area (Å²) in [6.45, 7) is 5.84. The van der Waals surface area contributed by atoms with Gasteiger partial charge in [-0.3, -0.25) is 0 Å². The van der Waals surface area contributed by atoms with Crippen LogP contribution >= 0.6 is 0 Å². The molecule has 0 aliphatic heterocycles. The molecule has 0 aliphatic rings. The van der Waals surface area contributed by atoms with E-state index in [0.717, 1.165) is 18.7 Å². The second-order valence-corrected chi connectivity index (χ2v) is 6.09. The van der Waals surface area contributed by atoms with E-state index in [4.69, 9.17) is 11.5 Å². The molecule has 3 aromatic rings. The van der Waals surface area contributed by atoms with E-state index in [1.165, 1.54) is 16.7 Å². The van der Waals surface area contributed by atoms with Gasteiger partial charge in [-0.1, -0.05) is 66.7 Å². The van der Waals surface area contributed by atoms with Gasteiger partial charge in [-0.05, 0) is 42.2 Å². The predicted molar refractivity (Wildman–Crippen MR) is 108 cm³/mol. The van der Waals surface area contributed by atoms with Crippen LogP contribution in [-0.4, -0.2) is 0 Å². The van der Waals surface area contributed by atoms with Crippen molar-refractivity contribution < 1.29 is 0 Å². The fraction of sp³-hybridized carbons (Fsp3) is 0.182. The minimum absolute atomic E-state index is 0.670. The van der Waals surface area contributed by atoms with Crippen molar-refractivity contribution in [1.82, 2.24) is 5.32 Å². The Morgan fingerprint density at radius 2 is 1.16 bits per heavy atom. The maximum absolute atomic E-state index is 5.66. The molecule has 25 heavy (non-hydrogen) atoms. The zero-order valence-electron chi connectivity index (χ0n) is 15.0. The summed E-state index contributed by atoms with van der Waals surface area (Å²) in [6, 6.07) is 24.7. The molecule has 0 fully saturated rings. The first-order valence-corrected chi connectivity index (χ1v) is 8.47. The van der Waals surface area contributed by atoms with Crippen LogP contribution in [0, 0.1) is 13.8 Å². The second-order valence-electron chi connectivity index (χ2n) is 6.09. The number of nitrogens with two attached hydrogens (primary N) is 2. The third kappa shape index (κ3) is 5.98. The molecular formula is C22H27N3. The van der Waals surface area contributed by atoms with Crippen molar-refractivity contribution in [2.45, 2.75) is 26.9 Å². The number of anilines is 2. The SMILES string of the molecule is Cc1ccc(N)c(N)c1C.c1ccc(CNCc2ccccc2)cc1. The van der Waals surface area contributed by atoms with E-state index in [1.807, 2.05) is 38.1 Å². The molecular weight excluding hydrogens is 306 g/mol. The lowest BCUT2D eigenvalue weighted by Gasteiger charge is -2.05. The number of aryl methyl sites for hydroxylation is 1. The fourth-order valence-electron chi connectivity index (χ4n) is 2.40. The standard InChI is InChI=1S/C14H15N.C8H12N2/c1-3-7-13(8-4-1)11-15-12-14-9-5-2-6-10-14;1-5-3-4-7(9)8(10)6(5)2/h1-10,15H,11-12H2;3-4H,9-10H2,1-2H3. The minimum atomic E-state index is 0.670. The highest BCUT2D eigenvalue weighted by molar-refractivity contribution is 5.68. The predicted octanol–water partition coefficient (Wildman–Crippen LogP) is 4.44. The first-order chi connectivity index (χ1) is 12.1. The maximum Gasteiger partial charge on any atom is 0.0580 e. The van der Waals surface area contributed by atoms with Crippen molar-refractivity contribution in [3.63, 3.8) is 0 Å². The molecule has 0 aromatic heterocycles. The number of nitrogen functional groups attached to an aromatic ring is 2. The van der Waals surface area contributed by atoms with Crippen LogP contribution in [0.4, 0.5) is 11.4 Å². The van der Waals surface area contributed by atoms with Crippen LogP contribution in [0.5, 0.6) is 0 Å². The molecule has 3 rings (SSSR count).